The van der Waals surface area contributed by atoms with Crippen molar-refractivity contribution < 1.29 is 20.0 Å². The van der Waals surface area contributed by atoms with E-state index in [1.54, 1.807) is 12.2 Å². The molecule has 0 unspecified atom stereocenters. The molecule has 160 valence electrons. The molecule has 0 spiro atoms. The van der Waals surface area contributed by atoms with Gasteiger partial charge in [0.1, 0.15) is 0 Å². The highest BCUT2D eigenvalue weighted by atomic mass is 17.1. The lowest BCUT2D eigenvalue weighted by atomic mass is 10.0. The highest BCUT2D eigenvalue weighted by Crippen LogP contribution is 2.13. The first-order valence-electron chi connectivity index (χ1n) is 11.0. The Labute approximate surface area is 171 Å². The van der Waals surface area contributed by atoms with Crippen LogP contribution in [0.2, 0.25) is 0 Å². The van der Waals surface area contributed by atoms with Crippen molar-refractivity contribution in [2.24, 2.45) is 0 Å². The zero-order valence-electron chi connectivity index (χ0n) is 17.7. The van der Waals surface area contributed by atoms with E-state index >= 15 is 0 Å². The van der Waals surface area contributed by atoms with Crippen molar-refractivity contribution in [3.8, 4) is 0 Å². The van der Waals surface area contributed by atoms with Crippen LogP contribution in [-0.4, -0.2) is 16.3 Å². The van der Waals surface area contributed by atoms with Crippen molar-refractivity contribution in [3.05, 3.63) is 48.3 Å². The molecule has 0 saturated heterocycles. The summed E-state index contributed by atoms with van der Waals surface area (Å²) >= 11 is 0. The normalized spacial score (nSPS) is 12.6. The minimum Gasteiger partial charge on any atom is -0.475 e. The molecule has 0 aliphatic carbocycles. The summed E-state index contributed by atoms with van der Waals surface area (Å²) in [5, 5.41) is 17.0. The Kier molecular flexibility index (Phi) is 20.1. The molecule has 0 amide bonds. The Hall–Kier alpha value is -1.81. The third-order valence-corrected chi connectivity index (χ3v) is 4.61. The lowest BCUT2D eigenvalue weighted by Crippen LogP contribution is -2.01. The highest BCUT2D eigenvalue weighted by Gasteiger charge is 2.05. The number of aliphatic carboxylic acids is 1. The van der Waals surface area contributed by atoms with Gasteiger partial charge < -0.3 is 9.99 Å². The zero-order chi connectivity index (χ0) is 20.7. The third-order valence-electron chi connectivity index (χ3n) is 4.61. The Morgan fingerprint density at radius 3 is 1.68 bits per heavy atom. The number of allylic oxidation sites excluding steroid dienone is 7. The lowest BCUT2D eigenvalue weighted by molar-refractivity contribution is -0.210. The fourth-order valence-corrected chi connectivity index (χ4v) is 2.93. The van der Waals surface area contributed by atoms with Gasteiger partial charge in [-0.25, -0.2) is 10.1 Å². The summed E-state index contributed by atoms with van der Waals surface area (Å²) in [5.41, 5.74) is 0. The van der Waals surface area contributed by atoms with Crippen molar-refractivity contribution in [1.82, 2.24) is 0 Å². The van der Waals surface area contributed by atoms with Gasteiger partial charge in [-0.1, -0.05) is 120 Å². The first-order valence-corrected chi connectivity index (χ1v) is 11.0. The summed E-state index contributed by atoms with van der Waals surface area (Å²) in [5.74, 6) is -1.82. The molecule has 0 heterocycles. The smallest absolute Gasteiger partial charge is 0.375 e. The minimum atomic E-state index is -1.31. The molecule has 0 aliphatic heterocycles. The van der Waals surface area contributed by atoms with Crippen LogP contribution in [0.1, 0.15) is 96.8 Å². The maximum absolute atomic E-state index is 10.5. The average Bonchev–Trinajstić information content (AvgIpc) is 2.69. The minimum absolute atomic E-state index is 0.511. The topological polar surface area (TPSA) is 66.8 Å². The van der Waals surface area contributed by atoms with E-state index in [2.05, 4.69) is 17.9 Å². The van der Waals surface area contributed by atoms with Crippen LogP contribution >= 0.6 is 0 Å². The van der Waals surface area contributed by atoms with Gasteiger partial charge in [0.15, 0.2) is 0 Å². The second-order valence-corrected chi connectivity index (χ2v) is 7.16. The molecule has 4 nitrogen and oxygen atoms in total. The summed E-state index contributed by atoms with van der Waals surface area (Å²) in [6.07, 6.45) is 31.2. The van der Waals surface area contributed by atoms with Gasteiger partial charge in [0.05, 0.1) is 0 Å². The first-order chi connectivity index (χ1) is 13.7. The number of hydrogen-bond donors (Lipinski definition) is 2. The second-order valence-electron chi connectivity index (χ2n) is 7.16. The number of carboxylic acids is 1. The fourth-order valence-electron chi connectivity index (χ4n) is 2.93. The third kappa shape index (κ3) is 19.0. The molecule has 0 radical (unpaired) electrons. The maximum atomic E-state index is 10.5. The molecule has 0 saturated carbocycles. The van der Waals surface area contributed by atoms with E-state index in [1.807, 2.05) is 12.2 Å². The standard InChI is InChI=1S/C24H40O4/c1-2-3-4-5-6-7-8-9-10-11-12-13-14-15-16-17-18-19-20-21-22-23(28-27)24(25)26/h16-22,27H,2-15H2,1H3,(H,25,26). The van der Waals surface area contributed by atoms with Gasteiger partial charge in [-0.2, -0.15) is 0 Å². The quantitative estimate of drug-likeness (QED) is 0.0593. The molecule has 0 atom stereocenters. The monoisotopic (exact) mass is 392 g/mol. The zero-order valence-corrected chi connectivity index (χ0v) is 17.7. The Bertz CT molecular complexity index is 475. The van der Waals surface area contributed by atoms with Gasteiger partial charge in [-0.05, 0) is 18.9 Å². The molecule has 0 rings (SSSR count). The van der Waals surface area contributed by atoms with E-state index in [4.69, 9.17) is 10.4 Å². The fraction of sp³-hybridized carbons (Fsp3) is 0.625. The van der Waals surface area contributed by atoms with Crippen LogP contribution in [0.3, 0.4) is 0 Å². The molecule has 0 aromatic carbocycles. The van der Waals surface area contributed by atoms with Gasteiger partial charge >= 0.3 is 5.97 Å². The van der Waals surface area contributed by atoms with Crippen LogP contribution in [0.4, 0.5) is 0 Å². The van der Waals surface area contributed by atoms with Gasteiger partial charge in [-0.3, -0.25) is 0 Å². The Balaban J connectivity index is 3.43. The molecule has 2 N–H and O–H groups in total. The van der Waals surface area contributed by atoms with Crippen molar-refractivity contribution in [2.75, 3.05) is 0 Å². The molecular formula is C24H40O4. The van der Waals surface area contributed by atoms with Gasteiger partial charge in [-0.15, -0.1) is 0 Å². The van der Waals surface area contributed by atoms with Crippen molar-refractivity contribution in [3.63, 3.8) is 0 Å². The molecule has 0 aliphatic rings. The Morgan fingerprint density at radius 1 is 0.714 bits per heavy atom. The SMILES string of the molecule is CCCCCCCCCCCCCCCC=CC=CC=CC=C(OO)C(=O)O. The number of carbonyl (C=O) groups is 1. The highest BCUT2D eigenvalue weighted by molar-refractivity contribution is 5.84. The first kappa shape index (κ1) is 26.2. The Morgan fingerprint density at radius 2 is 1.18 bits per heavy atom. The van der Waals surface area contributed by atoms with Gasteiger partial charge in [0.25, 0.3) is 0 Å². The molecule has 0 aromatic rings. The van der Waals surface area contributed by atoms with Crippen LogP contribution in [0.25, 0.3) is 0 Å². The molecule has 4 heteroatoms. The summed E-state index contributed by atoms with van der Waals surface area (Å²) in [4.78, 5) is 14.3. The maximum Gasteiger partial charge on any atom is 0.375 e. The summed E-state index contributed by atoms with van der Waals surface area (Å²) in [6, 6.07) is 0. The lowest BCUT2D eigenvalue weighted by Gasteiger charge is -2.02. The van der Waals surface area contributed by atoms with Crippen molar-refractivity contribution in [2.45, 2.75) is 96.8 Å². The number of rotatable bonds is 19. The van der Waals surface area contributed by atoms with Crippen LogP contribution < -0.4 is 0 Å². The molecule has 0 bridgehead atoms. The van der Waals surface area contributed by atoms with Gasteiger partial charge in [0.2, 0.25) is 5.76 Å². The van der Waals surface area contributed by atoms with E-state index < -0.39 is 11.7 Å². The largest absolute Gasteiger partial charge is 0.475 e. The van der Waals surface area contributed by atoms with Crippen molar-refractivity contribution in [1.29, 1.82) is 0 Å². The second kappa shape index (κ2) is 21.5. The summed E-state index contributed by atoms with van der Waals surface area (Å²) in [7, 11) is 0. The van der Waals surface area contributed by atoms with E-state index in [1.165, 1.54) is 95.6 Å². The molecule has 28 heavy (non-hydrogen) atoms. The molecule has 0 fully saturated rings. The summed E-state index contributed by atoms with van der Waals surface area (Å²) < 4.78 is 0. The van der Waals surface area contributed by atoms with Crippen LogP contribution in [0.15, 0.2) is 48.3 Å². The van der Waals surface area contributed by atoms with Gasteiger partial charge in [0, 0.05) is 0 Å². The van der Waals surface area contributed by atoms with Crippen LogP contribution in [0, 0.1) is 0 Å². The summed E-state index contributed by atoms with van der Waals surface area (Å²) in [6.45, 7) is 2.27. The van der Waals surface area contributed by atoms with E-state index in [0.29, 0.717) is 0 Å². The van der Waals surface area contributed by atoms with Crippen LogP contribution in [0.5, 0.6) is 0 Å². The van der Waals surface area contributed by atoms with E-state index in [-0.39, 0.29) is 0 Å². The van der Waals surface area contributed by atoms with E-state index in [0.717, 1.165) is 6.42 Å². The molecular weight excluding hydrogens is 352 g/mol. The number of unbranched alkanes of at least 4 members (excludes halogenated alkanes) is 13. The predicted molar refractivity (Wildman–Crippen MR) is 117 cm³/mol. The number of hydrogen-bond acceptors (Lipinski definition) is 3. The van der Waals surface area contributed by atoms with Crippen molar-refractivity contribution >= 4 is 5.97 Å². The van der Waals surface area contributed by atoms with E-state index in [9.17, 15) is 4.79 Å². The average molecular weight is 393 g/mol. The van der Waals surface area contributed by atoms with Crippen LogP contribution in [-0.2, 0) is 9.68 Å². The number of carboxylic acid groups (broad SMARTS) is 1. The molecule has 0 aromatic heterocycles. The predicted octanol–water partition coefficient (Wildman–Crippen LogP) is 7.59.